The molecule has 0 aliphatic heterocycles. The van der Waals surface area contributed by atoms with Crippen molar-refractivity contribution in [3.8, 4) is 5.75 Å². The summed E-state index contributed by atoms with van der Waals surface area (Å²) in [6, 6.07) is 13.1. The average Bonchev–Trinajstić information content (AvgIpc) is 2.61. The molecular weight excluding hydrogens is 364 g/mol. The number of benzene rings is 1. The summed E-state index contributed by atoms with van der Waals surface area (Å²) >= 11 is 6.44. The van der Waals surface area contributed by atoms with Crippen LogP contribution in [0.15, 0.2) is 60.9 Å². The minimum Gasteiger partial charge on any atom is -0.486 e. The second-order valence-electron chi connectivity index (χ2n) is 6.94. The van der Waals surface area contributed by atoms with Gasteiger partial charge in [-0.15, -0.1) is 0 Å². The minimum absolute atomic E-state index is 0.317. The molecule has 1 N–H and O–H groups in total. The smallest absolute Gasteiger partial charge is 0.407 e. The van der Waals surface area contributed by atoms with E-state index in [0.29, 0.717) is 18.0 Å². The number of carbonyl (C=O) groups excluding carboxylic acids is 1. The van der Waals surface area contributed by atoms with E-state index in [9.17, 15) is 4.79 Å². The second kappa shape index (κ2) is 9.97. The molecule has 0 saturated heterocycles. The van der Waals surface area contributed by atoms with Crippen LogP contribution in [0.4, 0.5) is 4.79 Å². The third-order valence-electron chi connectivity index (χ3n) is 3.42. The number of alkyl carbamates (subject to hydrolysis) is 1. The van der Waals surface area contributed by atoms with Crippen LogP contribution in [-0.2, 0) is 4.74 Å². The third-order valence-corrected chi connectivity index (χ3v) is 3.76. The van der Waals surface area contributed by atoms with Crippen LogP contribution in [0.2, 0.25) is 0 Å². The number of nitrogens with zero attached hydrogens (tertiary/aromatic N) is 1. The van der Waals surface area contributed by atoms with E-state index < -0.39 is 11.7 Å². The number of amides is 1. The van der Waals surface area contributed by atoms with Gasteiger partial charge < -0.3 is 14.8 Å². The van der Waals surface area contributed by atoms with Crippen molar-refractivity contribution in [2.75, 3.05) is 6.54 Å². The number of aromatic nitrogens is 1. The molecule has 0 aliphatic rings. The number of hydrogen-bond acceptors (Lipinski definition) is 4. The Balaban J connectivity index is 2.02. The molecule has 2 aromatic rings. The molecule has 0 spiro atoms. The fraction of sp³-hybridized carbons (Fsp3) is 0.333. The molecule has 5 nitrogen and oxygen atoms in total. The summed E-state index contributed by atoms with van der Waals surface area (Å²) in [5, 5.41) is 3.31. The van der Waals surface area contributed by atoms with E-state index in [0.717, 1.165) is 11.3 Å². The molecule has 1 unspecified atom stereocenters. The van der Waals surface area contributed by atoms with Crippen LogP contribution in [0.3, 0.4) is 0 Å². The first-order chi connectivity index (χ1) is 12.8. The highest BCUT2D eigenvalue weighted by Gasteiger charge is 2.16. The molecule has 0 fully saturated rings. The third kappa shape index (κ3) is 8.13. The normalized spacial score (nSPS) is 13.0. The average molecular weight is 389 g/mol. The van der Waals surface area contributed by atoms with Crippen molar-refractivity contribution in [2.24, 2.45) is 0 Å². The van der Waals surface area contributed by atoms with Crippen molar-refractivity contribution in [1.29, 1.82) is 0 Å². The van der Waals surface area contributed by atoms with Crippen LogP contribution < -0.4 is 10.1 Å². The minimum atomic E-state index is -0.533. The summed E-state index contributed by atoms with van der Waals surface area (Å²) in [5.74, 6) is 0.732. The van der Waals surface area contributed by atoms with Gasteiger partial charge in [-0.1, -0.05) is 29.8 Å². The first kappa shape index (κ1) is 20.8. The van der Waals surface area contributed by atoms with Gasteiger partial charge >= 0.3 is 6.09 Å². The quantitative estimate of drug-likeness (QED) is 0.723. The van der Waals surface area contributed by atoms with E-state index in [1.807, 2.05) is 69.3 Å². The zero-order valence-electron chi connectivity index (χ0n) is 15.8. The molecule has 0 bridgehead atoms. The molecule has 1 aromatic carbocycles. The molecule has 0 saturated carbocycles. The highest BCUT2D eigenvalue weighted by molar-refractivity contribution is 6.48. The van der Waals surface area contributed by atoms with E-state index in [2.05, 4.69) is 10.3 Å². The van der Waals surface area contributed by atoms with Gasteiger partial charge in [0.2, 0.25) is 0 Å². The maximum absolute atomic E-state index is 11.8. The van der Waals surface area contributed by atoms with E-state index in [-0.39, 0.29) is 6.10 Å². The lowest BCUT2D eigenvalue weighted by atomic mass is 10.1. The standard InChI is InChI=1S/C21H25ClN2O3/c1-21(2,3)27-20(25)24-14-11-18(26-17-7-5-4-6-8-17)15-19(22)16-9-12-23-13-10-16/h4-10,12-13,15,18H,11,14H2,1-3H3,(H,24,25)/b19-15+. The summed E-state index contributed by atoms with van der Waals surface area (Å²) in [5.41, 5.74) is 0.322. The van der Waals surface area contributed by atoms with Gasteiger partial charge in [-0.2, -0.15) is 0 Å². The number of para-hydroxylation sites is 1. The Bertz CT molecular complexity index is 743. The Kier molecular flexibility index (Phi) is 7.67. The molecule has 1 atom stereocenters. The maximum Gasteiger partial charge on any atom is 0.407 e. The van der Waals surface area contributed by atoms with Crippen molar-refractivity contribution >= 4 is 22.7 Å². The molecule has 27 heavy (non-hydrogen) atoms. The van der Waals surface area contributed by atoms with E-state index in [4.69, 9.17) is 21.1 Å². The van der Waals surface area contributed by atoms with Crippen LogP contribution in [0.25, 0.3) is 5.03 Å². The van der Waals surface area contributed by atoms with Crippen molar-refractivity contribution in [3.63, 3.8) is 0 Å². The molecule has 1 amide bonds. The van der Waals surface area contributed by atoms with Crippen molar-refractivity contribution < 1.29 is 14.3 Å². The molecular formula is C21H25ClN2O3. The second-order valence-corrected chi connectivity index (χ2v) is 7.34. The van der Waals surface area contributed by atoms with Crippen LogP contribution in [0, 0.1) is 0 Å². The topological polar surface area (TPSA) is 60.5 Å². The zero-order chi connectivity index (χ0) is 19.7. The predicted octanol–water partition coefficient (Wildman–Crippen LogP) is 5.02. The van der Waals surface area contributed by atoms with E-state index >= 15 is 0 Å². The highest BCUT2D eigenvalue weighted by atomic mass is 35.5. The lowest BCUT2D eigenvalue weighted by Gasteiger charge is -2.21. The van der Waals surface area contributed by atoms with Crippen molar-refractivity contribution in [3.05, 3.63) is 66.5 Å². The fourth-order valence-electron chi connectivity index (χ4n) is 2.25. The Morgan fingerprint density at radius 1 is 1.19 bits per heavy atom. The zero-order valence-corrected chi connectivity index (χ0v) is 16.6. The molecule has 6 heteroatoms. The summed E-state index contributed by atoms with van der Waals surface area (Å²) in [4.78, 5) is 15.8. The Labute approximate surface area is 165 Å². The maximum atomic E-state index is 11.8. The van der Waals surface area contributed by atoms with Gasteiger partial charge in [0.1, 0.15) is 17.5 Å². The monoisotopic (exact) mass is 388 g/mol. The number of pyridine rings is 1. The Hall–Kier alpha value is -2.53. The summed E-state index contributed by atoms with van der Waals surface area (Å²) in [6.45, 7) is 5.87. The molecule has 144 valence electrons. The molecule has 2 rings (SSSR count). The number of nitrogens with one attached hydrogen (secondary N) is 1. The molecule has 1 heterocycles. The van der Waals surface area contributed by atoms with Gasteiger partial charge in [0.15, 0.2) is 0 Å². The number of hydrogen-bond donors (Lipinski definition) is 1. The number of halogens is 1. The van der Waals surface area contributed by atoms with Crippen molar-refractivity contribution in [2.45, 2.75) is 38.9 Å². The molecule has 0 aliphatic carbocycles. The van der Waals surface area contributed by atoms with Gasteiger partial charge in [-0.25, -0.2) is 4.79 Å². The van der Waals surface area contributed by atoms with Crippen molar-refractivity contribution in [1.82, 2.24) is 10.3 Å². The summed E-state index contributed by atoms with van der Waals surface area (Å²) in [7, 11) is 0. The predicted molar refractivity (Wildman–Crippen MR) is 108 cm³/mol. The van der Waals surface area contributed by atoms with Crippen LogP contribution in [-0.4, -0.2) is 29.3 Å². The van der Waals surface area contributed by atoms with Crippen LogP contribution in [0.1, 0.15) is 32.8 Å². The number of ether oxygens (including phenoxy) is 2. The van der Waals surface area contributed by atoms with E-state index in [1.54, 1.807) is 12.4 Å². The first-order valence-corrected chi connectivity index (χ1v) is 9.17. The Morgan fingerprint density at radius 3 is 2.48 bits per heavy atom. The SMILES string of the molecule is CC(C)(C)OC(=O)NCCC(/C=C(/Cl)c1ccncc1)Oc1ccccc1. The highest BCUT2D eigenvalue weighted by Crippen LogP contribution is 2.21. The number of rotatable bonds is 7. The molecule has 0 radical (unpaired) electrons. The number of carbonyl (C=O) groups is 1. The lowest BCUT2D eigenvalue weighted by Crippen LogP contribution is -2.34. The lowest BCUT2D eigenvalue weighted by molar-refractivity contribution is 0.0523. The largest absolute Gasteiger partial charge is 0.486 e. The van der Waals surface area contributed by atoms with Gasteiger partial charge in [-0.3, -0.25) is 4.98 Å². The van der Waals surface area contributed by atoms with Gasteiger partial charge in [0.05, 0.1) is 0 Å². The first-order valence-electron chi connectivity index (χ1n) is 8.80. The fourth-order valence-corrected chi connectivity index (χ4v) is 2.52. The van der Waals surface area contributed by atoms with Gasteiger partial charge in [-0.05, 0) is 56.7 Å². The van der Waals surface area contributed by atoms with E-state index in [1.165, 1.54) is 0 Å². The summed E-state index contributed by atoms with van der Waals surface area (Å²) < 4.78 is 11.3. The van der Waals surface area contributed by atoms with Gasteiger partial charge in [0, 0.05) is 30.4 Å². The summed E-state index contributed by atoms with van der Waals surface area (Å²) in [6.07, 6.45) is 4.97. The van der Waals surface area contributed by atoms with Gasteiger partial charge in [0.25, 0.3) is 0 Å². The van der Waals surface area contributed by atoms with Crippen LogP contribution in [0.5, 0.6) is 5.75 Å². The Morgan fingerprint density at radius 2 is 1.85 bits per heavy atom. The molecule has 1 aromatic heterocycles. The van der Waals surface area contributed by atoms with Crippen LogP contribution >= 0.6 is 11.6 Å².